The van der Waals surface area contributed by atoms with Crippen molar-refractivity contribution >= 4 is 16.9 Å². The van der Waals surface area contributed by atoms with Crippen molar-refractivity contribution in [3.8, 4) is 0 Å². The number of hydrogen-bond acceptors (Lipinski definition) is 3. The van der Waals surface area contributed by atoms with Gasteiger partial charge in [0, 0.05) is 18.1 Å². The predicted octanol–water partition coefficient (Wildman–Crippen LogP) is 3.42. The minimum Gasteiger partial charge on any atom is -0.354 e. The van der Waals surface area contributed by atoms with Crippen LogP contribution >= 0.6 is 0 Å². The summed E-state index contributed by atoms with van der Waals surface area (Å²) in [4.78, 5) is 8.69. The topological polar surface area (TPSA) is 37.8 Å². The first-order chi connectivity index (χ1) is 9.81. The van der Waals surface area contributed by atoms with Crippen molar-refractivity contribution in [1.29, 1.82) is 0 Å². The highest BCUT2D eigenvalue weighted by atomic mass is 19.1. The van der Waals surface area contributed by atoms with Gasteiger partial charge in [0.2, 0.25) is 5.95 Å². The summed E-state index contributed by atoms with van der Waals surface area (Å²) in [6.45, 7) is 0.668. The van der Waals surface area contributed by atoms with E-state index in [1.165, 1.54) is 6.07 Å². The lowest BCUT2D eigenvalue weighted by atomic mass is 10.1. The first-order valence-electron chi connectivity index (χ1n) is 6.51. The van der Waals surface area contributed by atoms with Crippen LogP contribution in [0.2, 0.25) is 0 Å². The molecule has 0 aliphatic carbocycles. The van der Waals surface area contributed by atoms with Crippen LogP contribution in [-0.2, 0) is 6.42 Å². The molecule has 4 heteroatoms. The zero-order chi connectivity index (χ0) is 13.8. The number of nitrogens with zero attached hydrogens (tertiary/aromatic N) is 2. The molecule has 0 radical (unpaired) electrons. The quantitative estimate of drug-likeness (QED) is 0.787. The molecule has 0 aliphatic rings. The third-order valence-corrected chi connectivity index (χ3v) is 3.07. The van der Waals surface area contributed by atoms with E-state index < -0.39 is 0 Å². The SMILES string of the molecule is Fc1cccc(CCNc2ncc3ccccc3n2)c1. The molecule has 0 saturated heterocycles. The minimum atomic E-state index is -0.204. The number of nitrogens with one attached hydrogen (secondary N) is 1. The van der Waals surface area contributed by atoms with Gasteiger partial charge in [-0.2, -0.15) is 0 Å². The molecular weight excluding hydrogens is 253 g/mol. The Labute approximate surface area is 116 Å². The molecule has 3 nitrogen and oxygen atoms in total. The molecule has 0 fully saturated rings. The molecule has 1 aromatic heterocycles. The molecule has 0 saturated carbocycles. The van der Waals surface area contributed by atoms with Crippen molar-refractivity contribution in [2.24, 2.45) is 0 Å². The van der Waals surface area contributed by atoms with Crippen molar-refractivity contribution < 1.29 is 4.39 Å². The van der Waals surface area contributed by atoms with Gasteiger partial charge in [-0.25, -0.2) is 14.4 Å². The fourth-order valence-corrected chi connectivity index (χ4v) is 2.07. The first-order valence-corrected chi connectivity index (χ1v) is 6.51. The van der Waals surface area contributed by atoms with Crippen LogP contribution in [0, 0.1) is 5.82 Å². The van der Waals surface area contributed by atoms with E-state index in [9.17, 15) is 4.39 Å². The molecule has 100 valence electrons. The minimum absolute atomic E-state index is 0.204. The zero-order valence-electron chi connectivity index (χ0n) is 10.9. The highest BCUT2D eigenvalue weighted by Crippen LogP contribution is 2.11. The van der Waals surface area contributed by atoms with Crippen LogP contribution < -0.4 is 5.32 Å². The van der Waals surface area contributed by atoms with Crippen molar-refractivity contribution in [3.63, 3.8) is 0 Å². The van der Waals surface area contributed by atoms with Gasteiger partial charge in [-0.3, -0.25) is 0 Å². The summed E-state index contributed by atoms with van der Waals surface area (Å²) in [6.07, 6.45) is 2.53. The van der Waals surface area contributed by atoms with E-state index in [0.717, 1.165) is 22.9 Å². The van der Waals surface area contributed by atoms with Crippen LogP contribution in [0.25, 0.3) is 10.9 Å². The molecule has 1 heterocycles. The number of fused-ring (bicyclic) bond motifs is 1. The van der Waals surface area contributed by atoms with Gasteiger partial charge in [-0.1, -0.05) is 30.3 Å². The van der Waals surface area contributed by atoms with E-state index in [-0.39, 0.29) is 5.82 Å². The van der Waals surface area contributed by atoms with E-state index in [0.29, 0.717) is 12.5 Å². The lowest BCUT2D eigenvalue weighted by Crippen LogP contribution is -2.08. The Kier molecular flexibility index (Phi) is 3.54. The second-order valence-electron chi connectivity index (χ2n) is 4.56. The van der Waals surface area contributed by atoms with Crippen LogP contribution in [0.15, 0.2) is 54.7 Å². The summed E-state index contributed by atoms with van der Waals surface area (Å²) in [7, 11) is 0. The maximum absolute atomic E-state index is 13.0. The summed E-state index contributed by atoms with van der Waals surface area (Å²) in [5.41, 5.74) is 1.87. The summed E-state index contributed by atoms with van der Waals surface area (Å²) in [5.74, 6) is 0.393. The number of anilines is 1. The Morgan fingerprint density at radius 3 is 2.85 bits per heavy atom. The van der Waals surface area contributed by atoms with Crippen LogP contribution in [0.3, 0.4) is 0 Å². The lowest BCUT2D eigenvalue weighted by Gasteiger charge is -2.06. The van der Waals surface area contributed by atoms with Crippen molar-refractivity contribution in [2.45, 2.75) is 6.42 Å². The molecule has 0 unspecified atom stereocenters. The molecule has 0 spiro atoms. The summed E-state index contributed by atoms with van der Waals surface area (Å²) in [6, 6.07) is 14.5. The van der Waals surface area contributed by atoms with E-state index >= 15 is 0 Å². The normalized spacial score (nSPS) is 10.7. The molecule has 1 N–H and O–H groups in total. The number of para-hydroxylation sites is 1. The monoisotopic (exact) mass is 267 g/mol. The standard InChI is InChI=1S/C16H14FN3/c17-14-6-3-4-12(10-14)8-9-18-16-19-11-13-5-1-2-7-15(13)20-16/h1-7,10-11H,8-9H2,(H,18,19,20). The van der Waals surface area contributed by atoms with Crippen LogP contribution in [0.4, 0.5) is 10.3 Å². The maximum atomic E-state index is 13.0. The predicted molar refractivity (Wildman–Crippen MR) is 78.1 cm³/mol. The largest absolute Gasteiger partial charge is 0.354 e. The fourth-order valence-electron chi connectivity index (χ4n) is 2.07. The number of aromatic nitrogens is 2. The van der Waals surface area contributed by atoms with Crippen molar-refractivity contribution in [1.82, 2.24) is 9.97 Å². The van der Waals surface area contributed by atoms with E-state index in [4.69, 9.17) is 0 Å². The smallest absolute Gasteiger partial charge is 0.223 e. The third kappa shape index (κ3) is 2.91. The van der Waals surface area contributed by atoms with Crippen LogP contribution in [-0.4, -0.2) is 16.5 Å². The van der Waals surface area contributed by atoms with Gasteiger partial charge in [0.1, 0.15) is 5.82 Å². The lowest BCUT2D eigenvalue weighted by molar-refractivity contribution is 0.625. The van der Waals surface area contributed by atoms with Crippen molar-refractivity contribution in [2.75, 3.05) is 11.9 Å². The Morgan fingerprint density at radius 2 is 1.95 bits per heavy atom. The number of rotatable bonds is 4. The summed E-state index contributed by atoms with van der Waals surface area (Å²) in [5, 5.41) is 4.18. The summed E-state index contributed by atoms with van der Waals surface area (Å²) >= 11 is 0. The van der Waals surface area contributed by atoms with Crippen LogP contribution in [0.5, 0.6) is 0 Å². The van der Waals surface area contributed by atoms with Gasteiger partial charge in [-0.15, -0.1) is 0 Å². The van der Waals surface area contributed by atoms with Crippen LogP contribution in [0.1, 0.15) is 5.56 Å². The van der Waals surface area contributed by atoms with Gasteiger partial charge in [0.15, 0.2) is 0 Å². The number of hydrogen-bond donors (Lipinski definition) is 1. The molecule has 0 bridgehead atoms. The molecule has 2 aromatic carbocycles. The highest BCUT2D eigenvalue weighted by molar-refractivity contribution is 5.78. The summed E-state index contributed by atoms with van der Waals surface area (Å²) < 4.78 is 13.0. The van der Waals surface area contributed by atoms with E-state index in [1.54, 1.807) is 18.3 Å². The van der Waals surface area contributed by atoms with E-state index in [1.807, 2.05) is 30.3 Å². The van der Waals surface area contributed by atoms with Gasteiger partial charge < -0.3 is 5.32 Å². The number of benzene rings is 2. The number of halogens is 1. The molecule has 3 aromatic rings. The molecule has 20 heavy (non-hydrogen) atoms. The zero-order valence-corrected chi connectivity index (χ0v) is 10.9. The van der Waals surface area contributed by atoms with Crippen molar-refractivity contribution in [3.05, 3.63) is 66.1 Å². The highest BCUT2D eigenvalue weighted by Gasteiger charge is 2.00. The second kappa shape index (κ2) is 5.65. The third-order valence-electron chi connectivity index (χ3n) is 3.07. The second-order valence-corrected chi connectivity index (χ2v) is 4.56. The average molecular weight is 267 g/mol. The van der Waals surface area contributed by atoms with Gasteiger partial charge in [0.05, 0.1) is 5.52 Å². The molecule has 3 rings (SSSR count). The molecule has 0 atom stereocenters. The van der Waals surface area contributed by atoms with Gasteiger partial charge in [0.25, 0.3) is 0 Å². The molecule has 0 amide bonds. The Balaban J connectivity index is 1.65. The van der Waals surface area contributed by atoms with E-state index in [2.05, 4.69) is 15.3 Å². The average Bonchev–Trinajstić information content (AvgIpc) is 2.47. The maximum Gasteiger partial charge on any atom is 0.223 e. The molecule has 0 aliphatic heterocycles. The Hall–Kier alpha value is -2.49. The van der Waals surface area contributed by atoms with Gasteiger partial charge >= 0.3 is 0 Å². The van der Waals surface area contributed by atoms with Gasteiger partial charge in [-0.05, 0) is 30.2 Å². The molecular formula is C16H14FN3. The first kappa shape index (κ1) is 12.5. The Bertz CT molecular complexity index is 727. The Morgan fingerprint density at radius 1 is 1.05 bits per heavy atom. The fraction of sp³-hybridized carbons (Fsp3) is 0.125.